The van der Waals surface area contributed by atoms with Crippen molar-refractivity contribution in [3.05, 3.63) is 28.8 Å². The van der Waals surface area contributed by atoms with Crippen molar-refractivity contribution in [1.82, 2.24) is 5.32 Å². The number of hydrogen-bond donors (Lipinski definition) is 1. The van der Waals surface area contributed by atoms with Crippen LogP contribution in [0.3, 0.4) is 0 Å². The van der Waals surface area contributed by atoms with Crippen LogP contribution in [-0.4, -0.2) is 46.0 Å². The van der Waals surface area contributed by atoms with Crippen molar-refractivity contribution >= 4 is 18.0 Å². The van der Waals surface area contributed by atoms with Gasteiger partial charge in [-0.3, -0.25) is 4.79 Å². The van der Waals surface area contributed by atoms with Gasteiger partial charge in [0, 0.05) is 39.4 Å². The van der Waals surface area contributed by atoms with Crippen molar-refractivity contribution in [3.8, 4) is 5.75 Å². The summed E-state index contributed by atoms with van der Waals surface area (Å²) >= 11 is 6.21. The first kappa shape index (κ1) is 19.0. The molecule has 1 fully saturated rings. The molecule has 1 N–H and O–H groups in total. The molecule has 1 aliphatic rings. The number of hydrogen-bond acceptors (Lipinski definition) is 4. The third-order valence-corrected chi connectivity index (χ3v) is 4.63. The van der Waals surface area contributed by atoms with Crippen LogP contribution < -0.4 is 10.1 Å². The van der Waals surface area contributed by atoms with Gasteiger partial charge in [0.05, 0.1) is 11.6 Å². The van der Waals surface area contributed by atoms with Gasteiger partial charge in [-0.2, -0.15) is 0 Å². The minimum absolute atomic E-state index is 0.105. The van der Waals surface area contributed by atoms with E-state index < -0.39 is 0 Å². The Morgan fingerprint density at radius 2 is 2.17 bits per heavy atom. The molecule has 6 heteroatoms. The molecule has 0 aromatic heterocycles. The minimum atomic E-state index is 0.105. The number of halogens is 1. The van der Waals surface area contributed by atoms with Crippen molar-refractivity contribution in [2.75, 3.05) is 33.5 Å². The van der Waals surface area contributed by atoms with Crippen LogP contribution in [0.2, 0.25) is 5.02 Å². The van der Waals surface area contributed by atoms with E-state index in [4.69, 9.17) is 25.8 Å². The molecular weight excluding hydrogens is 330 g/mol. The molecule has 1 aromatic carbocycles. The van der Waals surface area contributed by atoms with Crippen LogP contribution >= 0.6 is 11.6 Å². The first-order valence-corrected chi connectivity index (χ1v) is 8.80. The first-order valence-electron chi connectivity index (χ1n) is 8.42. The Morgan fingerprint density at radius 3 is 2.88 bits per heavy atom. The fourth-order valence-corrected chi connectivity index (χ4v) is 3.16. The Kier molecular flexibility index (Phi) is 8.36. The minimum Gasteiger partial charge on any atom is -0.492 e. The van der Waals surface area contributed by atoms with E-state index in [9.17, 15) is 4.79 Å². The molecule has 1 aromatic rings. The maximum absolute atomic E-state index is 11.0. The molecule has 1 aliphatic heterocycles. The smallest absolute Gasteiger partial charge is 0.207 e. The summed E-state index contributed by atoms with van der Waals surface area (Å²) in [5, 5.41) is 3.57. The predicted octanol–water partition coefficient (Wildman–Crippen LogP) is 2.84. The fourth-order valence-electron chi connectivity index (χ4n) is 2.99. The number of carbonyl (C=O) groups is 1. The van der Waals surface area contributed by atoms with E-state index in [1.165, 1.54) is 0 Å². The van der Waals surface area contributed by atoms with Gasteiger partial charge in [0.15, 0.2) is 0 Å². The highest BCUT2D eigenvalue weighted by atomic mass is 35.5. The average molecular weight is 356 g/mol. The van der Waals surface area contributed by atoms with Gasteiger partial charge < -0.3 is 19.5 Å². The Hall–Kier alpha value is -1.30. The molecule has 0 aliphatic carbocycles. The van der Waals surface area contributed by atoms with Crippen LogP contribution in [0.15, 0.2) is 18.2 Å². The summed E-state index contributed by atoms with van der Waals surface area (Å²) in [5.74, 6) is 1.12. The molecule has 2 rings (SSSR count). The summed E-state index contributed by atoms with van der Waals surface area (Å²) in [6.45, 7) is 2.74. The molecule has 1 atom stereocenters. The molecule has 1 heterocycles. The quantitative estimate of drug-likeness (QED) is 0.518. The molecule has 24 heavy (non-hydrogen) atoms. The van der Waals surface area contributed by atoms with Gasteiger partial charge in [0.25, 0.3) is 0 Å². The van der Waals surface area contributed by atoms with E-state index in [2.05, 4.69) is 5.32 Å². The Morgan fingerprint density at radius 1 is 1.38 bits per heavy atom. The van der Waals surface area contributed by atoms with E-state index in [1.807, 2.05) is 18.2 Å². The van der Waals surface area contributed by atoms with Crippen molar-refractivity contribution < 1.29 is 19.0 Å². The largest absolute Gasteiger partial charge is 0.492 e. The lowest BCUT2D eigenvalue weighted by Crippen LogP contribution is -2.40. The number of amides is 1. The van der Waals surface area contributed by atoms with Crippen molar-refractivity contribution in [2.24, 2.45) is 5.92 Å². The Bertz CT molecular complexity index is 506. The highest BCUT2D eigenvalue weighted by Gasteiger charge is 2.24. The lowest BCUT2D eigenvalue weighted by Gasteiger charge is -2.30. The zero-order valence-corrected chi connectivity index (χ0v) is 14.9. The summed E-state index contributed by atoms with van der Waals surface area (Å²) in [6, 6.07) is 5.91. The Labute approximate surface area is 148 Å². The van der Waals surface area contributed by atoms with Crippen LogP contribution in [0, 0.1) is 5.92 Å². The lowest BCUT2D eigenvalue weighted by molar-refractivity contribution is -0.110. The molecule has 1 saturated heterocycles. The standard InChI is InChI=1S/C18H26ClNO4/c1-22-7-2-8-24-18-12-14(3-4-16(18)19)11-17(20-13-21)15-5-9-23-10-6-15/h3-4,12-13,15,17H,2,5-11H2,1H3,(H,20,21). The summed E-state index contributed by atoms with van der Waals surface area (Å²) in [4.78, 5) is 11.0. The maximum Gasteiger partial charge on any atom is 0.207 e. The summed E-state index contributed by atoms with van der Waals surface area (Å²) in [6.07, 6.45) is 4.31. The van der Waals surface area contributed by atoms with Gasteiger partial charge in [-0.15, -0.1) is 0 Å². The van der Waals surface area contributed by atoms with E-state index in [1.54, 1.807) is 7.11 Å². The van der Waals surface area contributed by atoms with Gasteiger partial charge in [-0.1, -0.05) is 17.7 Å². The van der Waals surface area contributed by atoms with Crippen LogP contribution in [0.5, 0.6) is 5.75 Å². The van der Waals surface area contributed by atoms with Crippen LogP contribution in [0.4, 0.5) is 0 Å². The maximum atomic E-state index is 11.0. The van der Waals surface area contributed by atoms with Crippen molar-refractivity contribution in [2.45, 2.75) is 31.7 Å². The van der Waals surface area contributed by atoms with E-state index >= 15 is 0 Å². The number of rotatable bonds is 10. The number of nitrogens with one attached hydrogen (secondary N) is 1. The average Bonchev–Trinajstić information content (AvgIpc) is 2.61. The van der Waals surface area contributed by atoms with Gasteiger partial charge in [-0.25, -0.2) is 0 Å². The number of ether oxygens (including phenoxy) is 3. The normalized spacial score (nSPS) is 16.6. The molecule has 1 amide bonds. The second-order valence-corrected chi connectivity index (χ2v) is 6.41. The number of benzene rings is 1. The van der Waals surface area contributed by atoms with Crippen molar-refractivity contribution in [1.29, 1.82) is 0 Å². The van der Waals surface area contributed by atoms with Crippen molar-refractivity contribution in [3.63, 3.8) is 0 Å². The SMILES string of the molecule is COCCCOc1cc(CC(NC=O)C2CCOCC2)ccc1Cl. The van der Waals surface area contributed by atoms with Crippen LogP contribution in [-0.2, 0) is 20.7 Å². The zero-order chi connectivity index (χ0) is 17.2. The second kappa shape index (κ2) is 10.5. The van der Waals surface area contributed by atoms with E-state index in [0.29, 0.717) is 29.9 Å². The lowest BCUT2D eigenvalue weighted by atomic mass is 9.88. The summed E-state index contributed by atoms with van der Waals surface area (Å²) in [7, 11) is 1.67. The summed E-state index contributed by atoms with van der Waals surface area (Å²) in [5.41, 5.74) is 1.10. The fraction of sp³-hybridized carbons (Fsp3) is 0.611. The third-order valence-electron chi connectivity index (χ3n) is 4.32. The highest BCUT2D eigenvalue weighted by Crippen LogP contribution is 2.28. The van der Waals surface area contributed by atoms with Gasteiger partial charge in [-0.05, 0) is 42.9 Å². The molecular formula is C18H26ClNO4. The molecule has 0 saturated carbocycles. The molecule has 0 bridgehead atoms. The van der Waals surface area contributed by atoms with Gasteiger partial charge in [0.1, 0.15) is 5.75 Å². The van der Waals surface area contributed by atoms with E-state index in [-0.39, 0.29) is 6.04 Å². The summed E-state index contributed by atoms with van der Waals surface area (Å²) < 4.78 is 16.2. The molecule has 1 unspecified atom stereocenters. The molecule has 0 spiro atoms. The van der Waals surface area contributed by atoms with Gasteiger partial charge >= 0.3 is 0 Å². The predicted molar refractivity (Wildman–Crippen MR) is 93.7 cm³/mol. The second-order valence-electron chi connectivity index (χ2n) is 6.00. The molecule has 134 valence electrons. The Balaban J connectivity index is 1.99. The highest BCUT2D eigenvalue weighted by molar-refractivity contribution is 6.32. The van der Waals surface area contributed by atoms with Crippen LogP contribution in [0.25, 0.3) is 0 Å². The zero-order valence-electron chi connectivity index (χ0n) is 14.1. The molecule has 0 radical (unpaired) electrons. The molecule has 5 nitrogen and oxygen atoms in total. The topological polar surface area (TPSA) is 56.8 Å². The van der Waals surface area contributed by atoms with Crippen LogP contribution in [0.1, 0.15) is 24.8 Å². The monoisotopic (exact) mass is 355 g/mol. The third kappa shape index (κ3) is 5.96. The van der Waals surface area contributed by atoms with E-state index in [0.717, 1.165) is 50.9 Å². The first-order chi connectivity index (χ1) is 11.7. The number of methoxy groups -OCH3 is 1. The van der Waals surface area contributed by atoms with Gasteiger partial charge in [0.2, 0.25) is 6.41 Å². The number of carbonyl (C=O) groups excluding carboxylic acids is 1.